The average Bonchev–Trinajstić information content (AvgIpc) is 3.09. The molecule has 0 atom stereocenters. The highest BCUT2D eigenvalue weighted by molar-refractivity contribution is 7.89. The molecule has 1 N–H and O–H groups in total. The van der Waals surface area contributed by atoms with Crippen molar-refractivity contribution in [3.8, 4) is 0 Å². The largest absolute Gasteiger partial charge is 0.480 e. The normalized spacial score (nSPS) is 16.6. The quantitative estimate of drug-likeness (QED) is 0.801. The summed E-state index contributed by atoms with van der Waals surface area (Å²) in [6.45, 7) is 4.83. The number of rotatable bonds is 7. The molecule has 0 amide bonds. The summed E-state index contributed by atoms with van der Waals surface area (Å²) in [5.41, 5.74) is 2.54. The van der Waals surface area contributed by atoms with Crippen LogP contribution in [0.1, 0.15) is 32.3 Å². The number of carboxylic acids is 1. The van der Waals surface area contributed by atoms with Gasteiger partial charge in [-0.3, -0.25) is 4.79 Å². The lowest BCUT2D eigenvalue weighted by Gasteiger charge is -2.22. The molecule has 7 heteroatoms. The Morgan fingerprint density at radius 1 is 1.20 bits per heavy atom. The van der Waals surface area contributed by atoms with Crippen LogP contribution in [0.15, 0.2) is 40.4 Å². The van der Waals surface area contributed by atoms with Gasteiger partial charge < -0.3 is 10.0 Å². The van der Waals surface area contributed by atoms with Gasteiger partial charge in [0.15, 0.2) is 0 Å². The molecule has 1 fully saturated rings. The van der Waals surface area contributed by atoms with Crippen molar-refractivity contribution >= 4 is 16.0 Å². The van der Waals surface area contributed by atoms with Gasteiger partial charge in [-0.15, -0.1) is 0 Å². The molecule has 1 aromatic rings. The van der Waals surface area contributed by atoms with Crippen molar-refractivity contribution in [1.82, 2.24) is 9.21 Å². The Bertz CT molecular complexity index is 765. The molecule has 2 rings (SSSR count). The van der Waals surface area contributed by atoms with E-state index in [1.54, 1.807) is 28.4 Å². The molecule has 25 heavy (non-hydrogen) atoms. The first-order valence-corrected chi connectivity index (χ1v) is 9.85. The van der Waals surface area contributed by atoms with Gasteiger partial charge in [0, 0.05) is 25.8 Å². The van der Waals surface area contributed by atoms with Gasteiger partial charge in [0.05, 0.1) is 4.90 Å². The van der Waals surface area contributed by atoms with Gasteiger partial charge in [0.1, 0.15) is 6.54 Å². The van der Waals surface area contributed by atoms with Gasteiger partial charge in [-0.2, -0.15) is 4.31 Å². The van der Waals surface area contributed by atoms with Gasteiger partial charge in [-0.05, 0) is 44.7 Å². The monoisotopic (exact) mass is 366 g/mol. The summed E-state index contributed by atoms with van der Waals surface area (Å²) in [6, 6.07) is 7.07. The minimum absolute atomic E-state index is 0.0864. The lowest BCUT2D eigenvalue weighted by molar-refractivity contribution is -0.137. The fraction of sp³-hybridized carbons (Fsp3) is 0.500. The number of aliphatic carboxylic acids is 1. The maximum atomic E-state index is 12.9. The lowest BCUT2D eigenvalue weighted by Crippen LogP contribution is -2.29. The summed E-state index contributed by atoms with van der Waals surface area (Å²) < 4.78 is 27.4. The number of carboxylic acid groups (broad SMARTS) is 1. The van der Waals surface area contributed by atoms with Crippen molar-refractivity contribution in [3.05, 3.63) is 41.1 Å². The molecule has 1 aliphatic rings. The van der Waals surface area contributed by atoms with E-state index in [0.717, 1.165) is 29.7 Å². The highest BCUT2D eigenvalue weighted by Crippen LogP contribution is 2.26. The standard InChI is InChI=1S/C18H26N2O4S/c1-14(15(2)19(3)13-18(21)22)12-16-8-4-5-9-17(16)25(23,24)20-10-6-7-11-20/h4-5,8-9H,6-7,10-13H2,1-3H3,(H,21,22). The molecule has 1 saturated heterocycles. The van der Waals surface area contributed by atoms with E-state index in [0.29, 0.717) is 24.4 Å². The molecule has 0 spiro atoms. The Hall–Kier alpha value is -1.86. The number of sulfonamides is 1. The van der Waals surface area contributed by atoms with Gasteiger partial charge in [0.25, 0.3) is 0 Å². The highest BCUT2D eigenvalue weighted by Gasteiger charge is 2.29. The first-order chi connectivity index (χ1) is 11.7. The van der Waals surface area contributed by atoms with Crippen LogP contribution in [0.4, 0.5) is 0 Å². The average molecular weight is 366 g/mol. The second-order valence-electron chi connectivity index (χ2n) is 6.51. The molecule has 0 saturated carbocycles. The first kappa shape index (κ1) is 19.5. The Balaban J connectivity index is 2.30. The smallest absolute Gasteiger partial charge is 0.323 e. The SMILES string of the molecule is CC(Cc1ccccc1S(=O)(=O)N1CCCC1)=C(C)N(C)CC(=O)O. The summed E-state index contributed by atoms with van der Waals surface area (Å²) >= 11 is 0. The molecule has 1 aromatic carbocycles. The second kappa shape index (κ2) is 8.01. The van der Waals surface area contributed by atoms with Crippen LogP contribution >= 0.6 is 0 Å². The van der Waals surface area contributed by atoms with Crippen LogP contribution in [0.2, 0.25) is 0 Å². The van der Waals surface area contributed by atoms with Crippen LogP contribution in [-0.4, -0.2) is 55.4 Å². The van der Waals surface area contributed by atoms with Crippen molar-refractivity contribution in [2.24, 2.45) is 0 Å². The third-order valence-corrected chi connectivity index (χ3v) is 6.67. The van der Waals surface area contributed by atoms with E-state index in [9.17, 15) is 13.2 Å². The lowest BCUT2D eigenvalue weighted by atomic mass is 10.0. The molecule has 0 bridgehead atoms. The van der Waals surface area contributed by atoms with Crippen LogP contribution in [0.5, 0.6) is 0 Å². The Kier molecular flexibility index (Phi) is 6.24. The van der Waals surface area contributed by atoms with Gasteiger partial charge in [-0.1, -0.05) is 23.8 Å². The van der Waals surface area contributed by atoms with Crippen molar-refractivity contribution in [2.75, 3.05) is 26.7 Å². The number of allylic oxidation sites excluding steroid dienone is 2. The fourth-order valence-electron chi connectivity index (χ4n) is 3.03. The Morgan fingerprint density at radius 2 is 1.80 bits per heavy atom. The maximum Gasteiger partial charge on any atom is 0.323 e. The van der Waals surface area contributed by atoms with E-state index in [1.807, 2.05) is 26.0 Å². The Morgan fingerprint density at radius 3 is 2.40 bits per heavy atom. The van der Waals surface area contributed by atoms with Crippen LogP contribution in [0.25, 0.3) is 0 Å². The van der Waals surface area contributed by atoms with Gasteiger partial charge >= 0.3 is 5.97 Å². The molecule has 6 nitrogen and oxygen atoms in total. The molecule has 138 valence electrons. The zero-order valence-corrected chi connectivity index (χ0v) is 15.8. The Labute approximate surface area is 149 Å². The topological polar surface area (TPSA) is 77.9 Å². The van der Waals surface area contributed by atoms with E-state index < -0.39 is 16.0 Å². The number of likely N-dealkylation sites (N-methyl/N-ethyl adjacent to an activating group) is 1. The predicted octanol–water partition coefficient (Wildman–Crippen LogP) is 2.32. The van der Waals surface area contributed by atoms with Gasteiger partial charge in [0.2, 0.25) is 10.0 Å². The van der Waals surface area contributed by atoms with Crippen LogP contribution < -0.4 is 0 Å². The number of hydrogen-bond donors (Lipinski definition) is 1. The highest BCUT2D eigenvalue weighted by atomic mass is 32.2. The van der Waals surface area contributed by atoms with Crippen LogP contribution in [0.3, 0.4) is 0 Å². The molecular formula is C18H26N2O4S. The molecule has 1 aliphatic heterocycles. The molecule has 0 aromatic heterocycles. The predicted molar refractivity (Wildman–Crippen MR) is 96.8 cm³/mol. The number of carbonyl (C=O) groups is 1. The van der Waals surface area contributed by atoms with Gasteiger partial charge in [-0.25, -0.2) is 8.42 Å². The summed E-state index contributed by atoms with van der Waals surface area (Å²) in [5, 5.41) is 8.93. The maximum absolute atomic E-state index is 12.9. The van der Waals surface area contributed by atoms with E-state index in [2.05, 4.69) is 0 Å². The fourth-order valence-corrected chi connectivity index (χ4v) is 4.77. The summed E-state index contributed by atoms with van der Waals surface area (Å²) in [6.07, 6.45) is 2.28. The van der Waals surface area contributed by atoms with Crippen LogP contribution in [0, 0.1) is 0 Å². The molecule has 0 aliphatic carbocycles. The number of nitrogens with zero attached hydrogens (tertiary/aromatic N) is 2. The molecule has 0 radical (unpaired) electrons. The van der Waals surface area contributed by atoms with Crippen molar-refractivity contribution < 1.29 is 18.3 Å². The number of hydrogen-bond acceptors (Lipinski definition) is 4. The van der Waals surface area contributed by atoms with E-state index in [1.165, 1.54) is 0 Å². The number of benzene rings is 1. The van der Waals surface area contributed by atoms with E-state index in [-0.39, 0.29) is 6.54 Å². The third kappa shape index (κ3) is 4.61. The minimum atomic E-state index is -3.48. The molecule has 0 unspecified atom stereocenters. The molecule has 1 heterocycles. The van der Waals surface area contributed by atoms with Crippen molar-refractivity contribution in [1.29, 1.82) is 0 Å². The van der Waals surface area contributed by atoms with E-state index >= 15 is 0 Å². The first-order valence-electron chi connectivity index (χ1n) is 8.41. The summed E-state index contributed by atoms with van der Waals surface area (Å²) in [4.78, 5) is 12.9. The second-order valence-corrected chi connectivity index (χ2v) is 8.42. The van der Waals surface area contributed by atoms with Crippen molar-refractivity contribution in [3.63, 3.8) is 0 Å². The zero-order chi connectivity index (χ0) is 18.6. The summed E-state index contributed by atoms with van der Waals surface area (Å²) in [7, 11) is -1.75. The van der Waals surface area contributed by atoms with Crippen molar-refractivity contribution in [2.45, 2.75) is 38.0 Å². The summed E-state index contributed by atoms with van der Waals surface area (Å²) in [5.74, 6) is -0.897. The van der Waals surface area contributed by atoms with E-state index in [4.69, 9.17) is 5.11 Å². The zero-order valence-electron chi connectivity index (χ0n) is 15.0. The minimum Gasteiger partial charge on any atom is -0.480 e. The third-order valence-electron chi connectivity index (χ3n) is 4.67. The molecular weight excluding hydrogens is 340 g/mol. The van der Waals surface area contributed by atoms with Crippen LogP contribution in [-0.2, 0) is 21.2 Å².